The van der Waals surface area contributed by atoms with Crippen LogP contribution in [-0.2, 0) is 9.53 Å². The first kappa shape index (κ1) is 11.9. The molecule has 2 saturated carbocycles. The van der Waals surface area contributed by atoms with E-state index in [2.05, 4.69) is 0 Å². The molecule has 0 radical (unpaired) electrons. The lowest BCUT2D eigenvalue weighted by atomic mass is 9.83. The van der Waals surface area contributed by atoms with Gasteiger partial charge in [0.05, 0.1) is 12.0 Å². The topological polar surface area (TPSA) is 52.3 Å². The third-order valence-electron chi connectivity index (χ3n) is 4.37. The second-order valence-electron chi connectivity index (χ2n) is 5.41. The van der Waals surface area contributed by atoms with Gasteiger partial charge in [0.1, 0.15) is 0 Å². The first-order valence-electron chi connectivity index (χ1n) is 6.64. The summed E-state index contributed by atoms with van der Waals surface area (Å²) in [4.78, 5) is 12.0. The van der Waals surface area contributed by atoms with Crippen LogP contribution >= 0.6 is 0 Å². The second kappa shape index (κ2) is 5.17. The molecule has 0 aromatic carbocycles. The molecule has 0 aromatic rings. The summed E-state index contributed by atoms with van der Waals surface area (Å²) in [5.74, 6) is 0.775. The molecule has 0 bridgehead atoms. The molecule has 0 saturated heterocycles. The normalized spacial score (nSPS) is 24.1. The van der Waals surface area contributed by atoms with Crippen LogP contribution in [0.4, 0.5) is 0 Å². The Bertz CT molecular complexity index is 242. The molecule has 2 fully saturated rings. The van der Waals surface area contributed by atoms with Crippen molar-refractivity contribution in [3.05, 3.63) is 0 Å². The Balaban J connectivity index is 1.72. The molecule has 3 nitrogen and oxygen atoms in total. The smallest absolute Gasteiger partial charge is 0.313 e. The van der Waals surface area contributed by atoms with Crippen LogP contribution < -0.4 is 5.73 Å². The Morgan fingerprint density at radius 1 is 1.25 bits per heavy atom. The largest absolute Gasteiger partial charge is 0.465 e. The maximum atomic E-state index is 12.0. The van der Waals surface area contributed by atoms with Crippen LogP contribution in [0.25, 0.3) is 0 Å². The first-order chi connectivity index (χ1) is 7.77. The average molecular weight is 225 g/mol. The first-order valence-corrected chi connectivity index (χ1v) is 6.64. The summed E-state index contributed by atoms with van der Waals surface area (Å²) in [6.07, 6.45) is 9.12. The van der Waals surface area contributed by atoms with E-state index in [1.165, 1.54) is 19.3 Å². The van der Waals surface area contributed by atoms with E-state index in [9.17, 15) is 4.79 Å². The van der Waals surface area contributed by atoms with Crippen LogP contribution in [0, 0.1) is 11.3 Å². The molecule has 2 N–H and O–H groups in total. The van der Waals surface area contributed by atoms with Crippen LogP contribution in [0.1, 0.15) is 51.4 Å². The summed E-state index contributed by atoms with van der Waals surface area (Å²) in [6, 6.07) is 0. The number of rotatable bonds is 5. The van der Waals surface area contributed by atoms with Crippen LogP contribution in [0.15, 0.2) is 0 Å². The molecule has 0 amide bonds. The summed E-state index contributed by atoms with van der Waals surface area (Å²) < 4.78 is 5.41. The Kier molecular flexibility index (Phi) is 3.85. The lowest BCUT2D eigenvalue weighted by Gasteiger charge is -2.27. The van der Waals surface area contributed by atoms with Crippen LogP contribution in [0.2, 0.25) is 0 Å². The molecule has 0 aliphatic heterocycles. The highest BCUT2D eigenvalue weighted by Gasteiger charge is 2.41. The van der Waals surface area contributed by atoms with E-state index in [0.717, 1.165) is 38.0 Å². The lowest BCUT2D eigenvalue weighted by molar-refractivity contribution is -0.155. The molecule has 92 valence electrons. The molecule has 0 aromatic heterocycles. The number of hydrogen-bond donors (Lipinski definition) is 1. The van der Waals surface area contributed by atoms with Crippen molar-refractivity contribution in [3.63, 3.8) is 0 Å². The maximum absolute atomic E-state index is 12.0. The third-order valence-corrected chi connectivity index (χ3v) is 4.37. The highest BCUT2D eigenvalue weighted by atomic mass is 16.5. The third kappa shape index (κ3) is 2.40. The Morgan fingerprint density at radius 2 is 1.94 bits per heavy atom. The van der Waals surface area contributed by atoms with Crippen molar-refractivity contribution in [2.45, 2.75) is 51.4 Å². The van der Waals surface area contributed by atoms with E-state index < -0.39 is 0 Å². The van der Waals surface area contributed by atoms with Crippen molar-refractivity contribution < 1.29 is 9.53 Å². The molecule has 0 spiro atoms. The minimum Gasteiger partial charge on any atom is -0.465 e. The highest BCUT2D eigenvalue weighted by molar-refractivity contribution is 5.77. The van der Waals surface area contributed by atoms with Crippen molar-refractivity contribution in [1.82, 2.24) is 0 Å². The average Bonchev–Trinajstić information content (AvgIpc) is 2.71. The van der Waals surface area contributed by atoms with Gasteiger partial charge in [-0.2, -0.15) is 0 Å². The Morgan fingerprint density at radius 3 is 2.44 bits per heavy atom. The monoisotopic (exact) mass is 225 g/mol. The quantitative estimate of drug-likeness (QED) is 0.730. The summed E-state index contributed by atoms with van der Waals surface area (Å²) in [7, 11) is 0. The van der Waals surface area contributed by atoms with Gasteiger partial charge in [-0.25, -0.2) is 0 Å². The van der Waals surface area contributed by atoms with E-state index in [-0.39, 0.29) is 11.4 Å². The summed E-state index contributed by atoms with van der Waals surface area (Å²) in [5.41, 5.74) is 5.40. The molecule has 2 rings (SSSR count). The highest BCUT2D eigenvalue weighted by Crippen LogP contribution is 2.38. The van der Waals surface area contributed by atoms with Crippen LogP contribution in [-0.4, -0.2) is 19.1 Å². The fraction of sp³-hybridized carbons (Fsp3) is 0.923. The van der Waals surface area contributed by atoms with Gasteiger partial charge in [0.25, 0.3) is 0 Å². The Labute approximate surface area is 97.7 Å². The molecule has 16 heavy (non-hydrogen) atoms. The van der Waals surface area contributed by atoms with Crippen molar-refractivity contribution in [3.8, 4) is 0 Å². The predicted octanol–water partition coefficient (Wildman–Crippen LogP) is 2.24. The molecular formula is C13H23NO2. The van der Waals surface area contributed by atoms with Gasteiger partial charge in [0, 0.05) is 6.54 Å². The molecular weight excluding hydrogens is 202 g/mol. The number of carbonyl (C=O) groups is 1. The summed E-state index contributed by atoms with van der Waals surface area (Å²) in [6.45, 7) is 1.06. The van der Waals surface area contributed by atoms with Gasteiger partial charge < -0.3 is 10.5 Å². The van der Waals surface area contributed by atoms with E-state index in [0.29, 0.717) is 13.2 Å². The number of hydrogen-bond acceptors (Lipinski definition) is 3. The van der Waals surface area contributed by atoms with E-state index in [1.54, 1.807) is 0 Å². The van der Waals surface area contributed by atoms with Gasteiger partial charge >= 0.3 is 5.97 Å². The van der Waals surface area contributed by atoms with Gasteiger partial charge in [-0.3, -0.25) is 4.79 Å². The van der Waals surface area contributed by atoms with Gasteiger partial charge in [0.2, 0.25) is 0 Å². The van der Waals surface area contributed by atoms with E-state index >= 15 is 0 Å². The lowest BCUT2D eigenvalue weighted by Crippen LogP contribution is -2.37. The zero-order valence-corrected chi connectivity index (χ0v) is 10.0. The van der Waals surface area contributed by atoms with E-state index in [1.807, 2.05) is 0 Å². The molecule has 2 aliphatic carbocycles. The minimum atomic E-state index is -0.334. The molecule has 0 unspecified atom stereocenters. The van der Waals surface area contributed by atoms with Crippen molar-refractivity contribution >= 4 is 5.97 Å². The molecule has 0 atom stereocenters. The standard InChI is InChI=1S/C13H23NO2/c14-10-13(7-1-2-8-13)12(15)16-9-6-11-4-3-5-11/h11H,1-10,14H2. The Hall–Kier alpha value is -0.570. The minimum absolute atomic E-state index is 0.0353. The number of esters is 1. The van der Waals surface area contributed by atoms with E-state index in [4.69, 9.17) is 10.5 Å². The van der Waals surface area contributed by atoms with Crippen LogP contribution in [0.3, 0.4) is 0 Å². The SMILES string of the molecule is NCC1(C(=O)OCCC2CCC2)CCCC1. The number of ether oxygens (including phenoxy) is 1. The molecule has 2 aliphatic rings. The van der Waals surface area contributed by atoms with Crippen molar-refractivity contribution in [1.29, 1.82) is 0 Å². The van der Waals surface area contributed by atoms with Gasteiger partial charge in [-0.05, 0) is 25.2 Å². The fourth-order valence-electron chi connectivity index (χ4n) is 2.80. The van der Waals surface area contributed by atoms with Crippen molar-refractivity contribution in [2.75, 3.05) is 13.2 Å². The maximum Gasteiger partial charge on any atom is 0.313 e. The molecule has 3 heteroatoms. The van der Waals surface area contributed by atoms with Gasteiger partial charge in [-0.15, -0.1) is 0 Å². The predicted molar refractivity (Wildman–Crippen MR) is 62.9 cm³/mol. The second-order valence-corrected chi connectivity index (χ2v) is 5.41. The van der Waals surface area contributed by atoms with Crippen LogP contribution in [0.5, 0.6) is 0 Å². The number of carbonyl (C=O) groups excluding carboxylic acids is 1. The zero-order chi connectivity index (χ0) is 11.4. The van der Waals surface area contributed by atoms with Crippen molar-refractivity contribution in [2.24, 2.45) is 17.1 Å². The van der Waals surface area contributed by atoms with Gasteiger partial charge in [-0.1, -0.05) is 32.1 Å². The fourth-order valence-corrected chi connectivity index (χ4v) is 2.80. The summed E-state index contributed by atoms with van der Waals surface area (Å²) in [5, 5.41) is 0. The molecule has 0 heterocycles. The summed E-state index contributed by atoms with van der Waals surface area (Å²) >= 11 is 0. The zero-order valence-electron chi connectivity index (χ0n) is 10.0. The van der Waals surface area contributed by atoms with Gasteiger partial charge in [0.15, 0.2) is 0 Å². The number of nitrogens with two attached hydrogens (primary N) is 1.